The minimum absolute atomic E-state index is 0.00689. The van der Waals surface area contributed by atoms with Gasteiger partial charge in [0.1, 0.15) is 22.9 Å². The van der Waals surface area contributed by atoms with Crippen molar-refractivity contribution in [2.75, 3.05) is 12.4 Å². The van der Waals surface area contributed by atoms with E-state index in [1.165, 1.54) is 48.2 Å². The highest BCUT2D eigenvalue weighted by atomic mass is 32.2. The summed E-state index contributed by atoms with van der Waals surface area (Å²) in [6.07, 6.45) is -4.74. The normalized spacial score (nSPS) is 26.6. The highest BCUT2D eigenvalue weighted by Crippen LogP contribution is 2.49. The number of rotatable bonds is 3. The Hall–Kier alpha value is -2.33. The number of hydrogen-bond donors (Lipinski definition) is 1. The van der Waals surface area contributed by atoms with Gasteiger partial charge in [0, 0.05) is 23.3 Å². The summed E-state index contributed by atoms with van der Waals surface area (Å²) in [6.45, 7) is 0.00689. The fourth-order valence-electron chi connectivity index (χ4n) is 3.93. The van der Waals surface area contributed by atoms with Crippen molar-refractivity contribution in [3.63, 3.8) is 0 Å². The molecule has 0 amide bonds. The molecule has 4 rings (SSSR count). The molecule has 10 heteroatoms. The van der Waals surface area contributed by atoms with Crippen LogP contribution in [0.3, 0.4) is 0 Å². The molecule has 3 atom stereocenters. The standard InChI is InChI=1S/C20H17F5N2O2S/c21-13-3-6-15(16(22)8-13)19-10-28-17(7-12(19)9-30-18(26)27-19)11-1-4-14(5-2-11)29-20(23,24)25/h1-6,8,12,17H,7,9-10H2,(H2,26,27)/t12-,17+,19-/m0/s1. The molecule has 2 N–H and O–H groups in total. The Bertz CT molecular complexity index is 967. The third-order valence-corrected chi connectivity index (χ3v) is 6.26. The van der Waals surface area contributed by atoms with E-state index >= 15 is 0 Å². The maximum atomic E-state index is 14.6. The van der Waals surface area contributed by atoms with Gasteiger partial charge in [0.15, 0.2) is 5.17 Å². The number of benzene rings is 2. The van der Waals surface area contributed by atoms with Gasteiger partial charge in [-0.05, 0) is 30.2 Å². The average Bonchev–Trinajstić information content (AvgIpc) is 2.66. The minimum Gasteiger partial charge on any atom is -0.406 e. The maximum Gasteiger partial charge on any atom is 0.573 e. The minimum atomic E-state index is -4.76. The second-order valence-electron chi connectivity index (χ2n) is 7.16. The van der Waals surface area contributed by atoms with E-state index in [0.717, 1.165) is 6.07 Å². The summed E-state index contributed by atoms with van der Waals surface area (Å²) in [5, 5.41) is 0.297. The van der Waals surface area contributed by atoms with E-state index in [-0.39, 0.29) is 23.8 Å². The van der Waals surface area contributed by atoms with Crippen LogP contribution in [0.2, 0.25) is 0 Å². The molecule has 2 aromatic carbocycles. The largest absolute Gasteiger partial charge is 0.573 e. The number of nitrogens with two attached hydrogens (primary N) is 1. The topological polar surface area (TPSA) is 56.8 Å². The van der Waals surface area contributed by atoms with E-state index in [1.807, 2.05) is 0 Å². The van der Waals surface area contributed by atoms with Crippen molar-refractivity contribution in [2.24, 2.45) is 16.6 Å². The van der Waals surface area contributed by atoms with Crippen molar-refractivity contribution < 1.29 is 31.4 Å². The van der Waals surface area contributed by atoms with Gasteiger partial charge in [-0.15, -0.1) is 13.2 Å². The van der Waals surface area contributed by atoms with Crippen molar-refractivity contribution in [1.82, 2.24) is 0 Å². The van der Waals surface area contributed by atoms with Gasteiger partial charge in [0.2, 0.25) is 0 Å². The Labute approximate surface area is 173 Å². The molecule has 30 heavy (non-hydrogen) atoms. The van der Waals surface area contributed by atoms with Crippen LogP contribution in [-0.4, -0.2) is 23.9 Å². The number of alkyl halides is 3. The fraction of sp³-hybridized carbons (Fsp3) is 0.350. The van der Waals surface area contributed by atoms with Crippen molar-refractivity contribution in [2.45, 2.75) is 24.4 Å². The molecule has 0 aliphatic carbocycles. The molecule has 4 nitrogen and oxygen atoms in total. The van der Waals surface area contributed by atoms with Crippen LogP contribution in [0.25, 0.3) is 0 Å². The van der Waals surface area contributed by atoms with Crippen LogP contribution < -0.4 is 10.5 Å². The van der Waals surface area contributed by atoms with Crippen molar-refractivity contribution in [1.29, 1.82) is 0 Å². The zero-order valence-corrected chi connectivity index (χ0v) is 16.3. The molecule has 0 spiro atoms. The molecule has 2 aromatic rings. The number of ether oxygens (including phenoxy) is 2. The zero-order chi connectivity index (χ0) is 21.5. The lowest BCUT2D eigenvalue weighted by Crippen LogP contribution is -2.48. The smallest absolute Gasteiger partial charge is 0.406 e. The molecule has 0 unspecified atom stereocenters. The number of hydrogen-bond acceptors (Lipinski definition) is 5. The predicted octanol–water partition coefficient (Wildman–Crippen LogP) is 4.90. The van der Waals surface area contributed by atoms with Gasteiger partial charge < -0.3 is 15.2 Å². The molecule has 0 aromatic heterocycles. The Morgan fingerprint density at radius 2 is 1.87 bits per heavy atom. The second-order valence-corrected chi connectivity index (χ2v) is 8.20. The van der Waals surface area contributed by atoms with Crippen LogP contribution in [0.4, 0.5) is 22.0 Å². The van der Waals surface area contributed by atoms with E-state index in [9.17, 15) is 22.0 Å². The number of fused-ring (bicyclic) bond motifs is 1. The summed E-state index contributed by atoms with van der Waals surface area (Å²) in [7, 11) is 0. The number of halogens is 5. The zero-order valence-electron chi connectivity index (χ0n) is 15.5. The number of aliphatic imine (C=N–C) groups is 1. The van der Waals surface area contributed by atoms with Crippen LogP contribution in [0, 0.1) is 17.6 Å². The molecule has 2 aliphatic rings. The Morgan fingerprint density at radius 1 is 1.13 bits per heavy atom. The van der Waals surface area contributed by atoms with Crippen molar-refractivity contribution in [3.05, 3.63) is 65.2 Å². The Kier molecular flexibility index (Phi) is 5.39. The van der Waals surface area contributed by atoms with Gasteiger partial charge >= 0.3 is 6.36 Å². The monoisotopic (exact) mass is 444 g/mol. The quantitative estimate of drug-likeness (QED) is 0.685. The molecular formula is C20H17F5N2O2S. The Morgan fingerprint density at radius 3 is 2.53 bits per heavy atom. The number of thioether (sulfide) groups is 1. The van der Waals surface area contributed by atoms with Gasteiger partial charge in [0.05, 0.1) is 12.7 Å². The molecule has 0 radical (unpaired) electrons. The lowest BCUT2D eigenvalue weighted by molar-refractivity contribution is -0.274. The van der Waals surface area contributed by atoms with Gasteiger partial charge in [-0.2, -0.15) is 0 Å². The molecule has 2 heterocycles. The predicted molar refractivity (Wildman–Crippen MR) is 102 cm³/mol. The highest BCUT2D eigenvalue weighted by molar-refractivity contribution is 8.13. The first-order valence-electron chi connectivity index (χ1n) is 9.07. The molecule has 0 bridgehead atoms. The SMILES string of the molecule is NC1=N[C@@]2(c3ccc(F)cc3F)CO[C@@H](c3ccc(OC(F)(F)F)cc3)C[C@H]2CS1. The molecule has 1 fully saturated rings. The van der Waals surface area contributed by atoms with Crippen LogP contribution in [0.5, 0.6) is 5.75 Å². The van der Waals surface area contributed by atoms with Crippen molar-refractivity contribution >= 4 is 16.9 Å². The lowest BCUT2D eigenvalue weighted by atomic mass is 9.74. The van der Waals surface area contributed by atoms with E-state index in [1.54, 1.807) is 0 Å². The summed E-state index contributed by atoms with van der Waals surface area (Å²) in [6, 6.07) is 8.79. The highest BCUT2D eigenvalue weighted by Gasteiger charge is 2.49. The van der Waals surface area contributed by atoms with Crippen LogP contribution in [-0.2, 0) is 10.3 Å². The number of nitrogens with zero attached hydrogens (tertiary/aromatic N) is 1. The van der Waals surface area contributed by atoms with Crippen LogP contribution in [0.15, 0.2) is 47.5 Å². The molecular weight excluding hydrogens is 427 g/mol. The van der Waals surface area contributed by atoms with Gasteiger partial charge in [-0.3, -0.25) is 0 Å². The first kappa shape index (κ1) is 20.9. The fourth-order valence-corrected chi connectivity index (χ4v) is 4.94. The molecule has 1 saturated heterocycles. The average molecular weight is 444 g/mol. The third-order valence-electron chi connectivity index (χ3n) is 5.30. The van der Waals surface area contributed by atoms with E-state index in [0.29, 0.717) is 22.9 Å². The molecule has 160 valence electrons. The Balaban J connectivity index is 1.60. The van der Waals surface area contributed by atoms with Gasteiger partial charge in [0.25, 0.3) is 0 Å². The molecule has 0 saturated carbocycles. The van der Waals surface area contributed by atoms with E-state index < -0.39 is 29.6 Å². The van der Waals surface area contributed by atoms with Crippen molar-refractivity contribution in [3.8, 4) is 5.75 Å². The molecule has 2 aliphatic heterocycles. The number of amidine groups is 1. The van der Waals surface area contributed by atoms with Gasteiger partial charge in [-0.25, -0.2) is 13.8 Å². The van der Waals surface area contributed by atoms with Crippen LogP contribution in [0.1, 0.15) is 23.7 Å². The second kappa shape index (κ2) is 7.73. The first-order valence-corrected chi connectivity index (χ1v) is 10.1. The lowest BCUT2D eigenvalue weighted by Gasteiger charge is -2.46. The third kappa shape index (κ3) is 4.11. The van der Waals surface area contributed by atoms with Gasteiger partial charge in [-0.1, -0.05) is 30.0 Å². The van der Waals surface area contributed by atoms with E-state index in [2.05, 4.69) is 9.73 Å². The van der Waals surface area contributed by atoms with E-state index in [4.69, 9.17) is 10.5 Å². The van der Waals surface area contributed by atoms with Crippen LogP contribution >= 0.6 is 11.8 Å². The summed E-state index contributed by atoms with van der Waals surface area (Å²) >= 11 is 1.34. The summed E-state index contributed by atoms with van der Waals surface area (Å²) in [4.78, 5) is 4.50. The maximum absolute atomic E-state index is 14.6. The summed E-state index contributed by atoms with van der Waals surface area (Å²) in [5.41, 5.74) is 5.72. The summed E-state index contributed by atoms with van der Waals surface area (Å²) < 4.78 is 74.9. The first-order chi connectivity index (χ1) is 14.2. The summed E-state index contributed by atoms with van der Waals surface area (Å²) in [5.74, 6) is -1.35.